The molecule has 1 heterocycles. The van der Waals surface area contributed by atoms with Crippen LogP contribution < -0.4 is 10.6 Å². The Morgan fingerprint density at radius 2 is 2.22 bits per heavy atom. The lowest BCUT2D eigenvalue weighted by Crippen LogP contribution is -2.65. The molecule has 0 saturated heterocycles. The van der Waals surface area contributed by atoms with Crippen LogP contribution in [0, 0.1) is 5.41 Å². The zero-order valence-corrected chi connectivity index (χ0v) is 14.4. The van der Waals surface area contributed by atoms with Gasteiger partial charge >= 0.3 is 6.03 Å². The first kappa shape index (κ1) is 17.8. The van der Waals surface area contributed by atoms with Crippen LogP contribution in [0.2, 0.25) is 0 Å². The van der Waals surface area contributed by atoms with E-state index in [1.165, 1.54) is 6.26 Å². The minimum Gasteiger partial charge on any atom is -0.466 e. The van der Waals surface area contributed by atoms with E-state index in [-0.39, 0.29) is 30.1 Å². The summed E-state index contributed by atoms with van der Waals surface area (Å²) in [5.41, 5.74) is -1.24. The Bertz CT molecular complexity index is 509. The van der Waals surface area contributed by atoms with E-state index >= 15 is 0 Å². The largest absolute Gasteiger partial charge is 0.466 e. The highest BCUT2D eigenvalue weighted by Gasteiger charge is 2.53. The SMILES string of the molecule is CCC1(CC)C(NC(=O)NCC(C)(O)c2ccco2)CC1OC. The van der Waals surface area contributed by atoms with Crippen molar-refractivity contribution in [1.29, 1.82) is 0 Å². The summed E-state index contributed by atoms with van der Waals surface area (Å²) < 4.78 is 10.7. The Hall–Kier alpha value is -1.53. The number of rotatable bonds is 7. The number of aliphatic hydroxyl groups is 1. The highest BCUT2D eigenvalue weighted by atomic mass is 16.5. The van der Waals surface area contributed by atoms with Crippen LogP contribution in [-0.2, 0) is 10.3 Å². The first-order valence-corrected chi connectivity index (χ1v) is 8.23. The minimum absolute atomic E-state index is 0.00435. The van der Waals surface area contributed by atoms with Crippen molar-refractivity contribution >= 4 is 6.03 Å². The summed E-state index contributed by atoms with van der Waals surface area (Å²) in [7, 11) is 1.72. The van der Waals surface area contributed by atoms with Gasteiger partial charge in [-0.2, -0.15) is 0 Å². The summed E-state index contributed by atoms with van der Waals surface area (Å²) in [6.07, 6.45) is 4.42. The molecule has 1 aliphatic carbocycles. The highest BCUT2D eigenvalue weighted by molar-refractivity contribution is 5.74. The molecule has 0 bridgehead atoms. The van der Waals surface area contributed by atoms with Gasteiger partial charge < -0.3 is 24.9 Å². The molecular weight excluding hydrogens is 296 g/mol. The fourth-order valence-electron chi connectivity index (χ4n) is 3.61. The lowest BCUT2D eigenvalue weighted by Gasteiger charge is -2.55. The van der Waals surface area contributed by atoms with Crippen LogP contribution in [0.4, 0.5) is 4.79 Å². The van der Waals surface area contributed by atoms with Crippen molar-refractivity contribution in [2.45, 2.75) is 57.8 Å². The van der Waals surface area contributed by atoms with Crippen LogP contribution in [0.3, 0.4) is 0 Å². The lowest BCUT2D eigenvalue weighted by atomic mass is 9.58. The van der Waals surface area contributed by atoms with Gasteiger partial charge in [-0.15, -0.1) is 0 Å². The van der Waals surface area contributed by atoms with Gasteiger partial charge in [-0.1, -0.05) is 13.8 Å². The van der Waals surface area contributed by atoms with Gasteiger partial charge in [0.2, 0.25) is 0 Å². The molecule has 2 amide bonds. The molecule has 1 fully saturated rings. The molecule has 3 atom stereocenters. The highest BCUT2D eigenvalue weighted by Crippen LogP contribution is 2.48. The summed E-state index contributed by atoms with van der Waals surface area (Å²) in [5, 5.41) is 16.1. The third kappa shape index (κ3) is 3.38. The van der Waals surface area contributed by atoms with Crippen LogP contribution >= 0.6 is 0 Å². The maximum Gasteiger partial charge on any atom is 0.315 e. The fraction of sp³-hybridized carbons (Fsp3) is 0.706. The van der Waals surface area contributed by atoms with Gasteiger partial charge in [-0.05, 0) is 38.3 Å². The van der Waals surface area contributed by atoms with Crippen LogP contribution in [0.15, 0.2) is 22.8 Å². The Morgan fingerprint density at radius 1 is 1.52 bits per heavy atom. The van der Waals surface area contributed by atoms with Gasteiger partial charge in [-0.3, -0.25) is 0 Å². The van der Waals surface area contributed by atoms with E-state index in [1.807, 2.05) is 0 Å². The van der Waals surface area contributed by atoms with Crippen LogP contribution in [0.25, 0.3) is 0 Å². The number of hydrogen-bond donors (Lipinski definition) is 3. The second-order valence-corrected chi connectivity index (χ2v) is 6.53. The fourth-order valence-corrected chi connectivity index (χ4v) is 3.61. The summed E-state index contributed by atoms with van der Waals surface area (Å²) in [5.74, 6) is 0.428. The van der Waals surface area contributed by atoms with E-state index in [4.69, 9.17) is 9.15 Å². The molecule has 130 valence electrons. The predicted octanol–water partition coefficient (Wildman–Crippen LogP) is 2.38. The van der Waals surface area contributed by atoms with E-state index < -0.39 is 5.60 Å². The van der Waals surface area contributed by atoms with Gasteiger partial charge in [0.15, 0.2) is 0 Å². The zero-order chi connectivity index (χ0) is 17.1. The Labute approximate surface area is 137 Å². The summed E-state index contributed by atoms with van der Waals surface area (Å²) in [4.78, 5) is 12.2. The monoisotopic (exact) mass is 324 g/mol. The molecular formula is C17H28N2O4. The number of urea groups is 1. The molecule has 1 aromatic rings. The van der Waals surface area contributed by atoms with Gasteiger partial charge in [0, 0.05) is 18.6 Å². The molecule has 6 nitrogen and oxygen atoms in total. The van der Waals surface area contributed by atoms with Gasteiger partial charge in [0.1, 0.15) is 11.4 Å². The minimum atomic E-state index is -1.23. The molecule has 6 heteroatoms. The third-order valence-corrected chi connectivity index (χ3v) is 5.34. The molecule has 2 rings (SSSR count). The Kier molecular flexibility index (Phi) is 5.37. The first-order chi connectivity index (χ1) is 10.9. The normalized spacial score (nSPS) is 25.3. The first-order valence-electron chi connectivity index (χ1n) is 8.23. The van der Waals surface area contributed by atoms with Crippen molar-refractivity contribution in [2.75, 3.05) is 13.7 Å². The number of nitrogens with one attached hydrogen (secondary N) is 2. The molecule has 3 unspecified atom stereocenters. The van der Waals surface area contributed by atoms with Crippen LogP contribution in [-0.4, -0.2) is 36.9 Å². The molecule has 23 heavy (non-hydrogen) atoms. The zero-order valence-electron chi connectivity index (χ0n) is 14.4. The number of carbonyl (C=O) groups excluding carboxylic acids is 1. The van der Waals surface area contributed by atoms with E-state index in [0.29, 0.717) is 5.76 Å². The molecule has 1 aromatic heterocycles. The summed E-state index contributed by atoms with van der Waals surface area (Å²) >= 11 is 0. The summed E-state index contributed by atoms with van der Waals surface area (Å²) in [6, 6.07) is 3.21. The second-order valence-electron chi connectivity index (χ2n) is 6.53. The number of carbonyl (C=O) groups is 1. The second kappa shape index (κ2) is 6.93. The molecule has 0 spiro atoms. The predicted molar refractivity (Wildman–Crippen MR) is 87.0 cm³/mol. The van der Waals surface area contributed by atoms with E-state index in [1.54, 1.807) is 26.2 Å². The topological polar surface area (TPSA) is 83.7 Å². The Balaban J connectivity index is 1.88. The average molecular weight is 324 g/mol. The van der Waals surface area contributed by atoms with Crippen molar-refractivity contribution in [3.8, 4) is 0 Å². The average Bonchev–Trinajstić information content (AvgIpc) is 3.06. The van der Waals surface area contributed by atoms with E-state index in [2.05, 4.69) is 24.5 Å². The van der Waals surface area contributed by atoms with Gasteiger partial charge in [-0.25, -0.2) is 4.79 Å². The van der Waals surface area contributed by atoms with Crippen molar-refractivity contribution in [1.82, 2.24) is 10.6 Å². The standard InChI is InChI=1S/C17H28N2O4/c1-5-17(6-2)12(10-14(17)22-4)19-15(20)18-11-16(3,21)13-8-7-9-23-13/h7-9,12,14,21H,5-6,10-11H2,1-4H3,(H2,18,19,20). The Morgan fingerprint density at radius 3 is 2.74 bits per heavy atom. The quantitative estimate of drug-likeness (QED) is 0.719. The van der Waals surface area contributed by atoms with E-state index in [0.717, 1.165) is 19.3 Å². The maximum absolute atomic E-state index is 12.2. The molecule has 1 aliphatic rings. The number of hydrogen-bond acceptors (Lipinski definition) is 4. The van der Waals surface area contributed by atoms with Crippen LogP contribution in [0.1, 0.15) is 45.8 Å². The van der Waals surface area contributed by atoms with E-state index in [9.17, 15) is 9.90 Å². The number of amides is 2. The smallest absolute Gasteiger partial charge is 0.315 e. The number of ether oxygens (including phenoxy) is 1. The van der Waals surface area contributed by atoms with Crippen molar-refractivity contribution < 1.29 is 19.1 Å². The van der Waals surface area contributed by atoms with Gasteiger partial charge in [0.05, 0.1) is 18.9 Å². The number of furan rings is 1. The van der Waals surface area contributed by atoms with Gasteiger partial charge in [0.25, 0.3) is 0 Å². The molecule has 1 saturated carbocycles. The third-order valence-electron chi connectivity index (χ3n) is 5.34. The molecule has 3 N–H and O–H groups in total. The van der Waals surface area contributed by atoms with Crippen LogP contribution in [0.5, 0.6) is 0 Å². The molecule has 0 radical (unpaired) electrons. The summed E-state index contributed by atoms with van der Waals surface area (Å²) in [6.45, 7) is 5.95. The van der Waals surface area contributed by atoms with Crippen molar-refractivity contribution in [2.24, 2.45) is 5.41 Å². The number of methoxy groups -OCH3 is 1. The molecule has 0 aliphatic heterocycles. The molecule has 0 aromatic carbocycles. The lowest BCUT2D eigenvalue weighted by molar-refractivity contribution is -0.120. The van der Waals surface area contributed by atoms with Crippen molar-refractivity contribution in [3.63, 3.8) is 0 Å². The maximum atomic E-state index is 12.2. The van der Waals surface area contributed by atoms with Crippen molar-refractivity contribution in [3.05, 3.63) is 24.2 Å².